The molecule has 0 bridgehead atoms. The van der Waals surface area contributed by atoms with Gasteiger partial charge in [-0.3, -0.25) is 0 Å². The van der Waals surface area contributed by atoms with Crippen LogP contribution in [0.25, 0.3) is 0 Å². The molecule has 1 aliphatic heterocycles. The third-order valence-electron chi connectivity index (χ3n) is 2.88. The van der Waals surface area contributed by atoms with Crippen LogP contribution in [0.5, 0.6) is 0 Å². The van der Waals surface area contributed by atoms with Crippen molar-refractivity contribution in [2.45, 2.75) is 32.7 Å². The Hall–Kier alpha value is -1.18. The predicted molar refractivity (Wildman–Crippen MR) is 62.0 cm³/mol. The van der Waals surface area contributed by atoms with Gasteiger partial charge in [-0.25, -0.2) is 0 Å². The highest BCUT2D eigenvalue weighted by molar-refractivity contribution is 5.72. The second-order valence-corrected chi connectivity index (χ2v) is 3.86. The van der Waals surface area contributed by atoms with E-state index in [0.717, 1.165) is 13.0 Å². The number of rotatable bonds is 2. The Labute approximate surface area is 85.7 Å². The third-order valence-corrected chi connectivity index (χ3v) is 2.88. The summed E-state index contributed by atoms with van der Waals surface area (Å²) in [5, 5.41) is 7.01. The zero-order chi connectivity index (χ0) is 9.97. The third kappa shape index (κ3) is 1.69. The molecule has 1 atom stereocenters. The van der Waals surface area contributed by atoms with Crippen LogP contribution in [0.3, 0.4) is 0 Å². The first-order valence-corrected chi connectivity index (χ1v) is 5.46. The number of anilines is 2. The van der Waals surface area contributed by atoms with Gasteiger partial charge in [-0.2, -0.15) is 0 Å². The van der Waals surface area contributed by atoms with E-state index in [1.54, 1.807) is 0 Å². The molecule has 14 heavy (non-hydrogen) atoms. The second kappa shape index (κ2) is 3.91. The average molecular weight is 190 g/mol. The smallest absolute Gasteiger partial charge is 0.0581 e. The zero-order valence-corrected chi connectivity index (χ0v) is 8.93. The summed E-state index contributed by atoms with van der Waals surface area (Å²) in [7, 11) is 0. The van der Waals surface area contributed by atoms with Crippen LogP contribution in [0.1, 0.15) is 25.8 Å². The molecule has 1 aromatic carbocycles. The molecule has 1 aliphatic rings. The fraction of sp³-hybridized carbons (Fsp3) is 0.500. The minimum atomic E-state index is 0.578. The van der Waals surface area contributed by atoms with E-state index in [-0.39, 0.29) is 0 Å². The largest absolute Gasteiger partial charge is 0.381 e. The molecule has 0 spiro atoms. The number of aryl methyl sites for hydroxylation is 1. The molecule has 0 aliphatic carbocycles. The van der Waals surface area contributed by atoms with Crippen LogP contribution in [-0.2, 0) is 6.42 Å². The summed E-state index contributed by atoms with van der Waals surface area (Å²) in [4.78, 5) is 0. The molecule has 0 saturated carbocycles. The van der Waals surface area contributed by atoms with Gasteiger partial charge in [0.15, 0.2) is 0 Å². The normalized spacial score (nSPS) is 19.4. The van der Waals surface area contributed by atoms with Crippen LogP contribution in [0.15, 0.2) is 18.2 Å². The topological polar surface area (TPSA) is 24.1 Å². The maximum absolute atomic E-state index is 3.56. The Kier molecular flexibility index (Phi) is 2.62. The van der Waals surface area contributed by atoms with Crippen molar-refractivity contribution in [3.8, 4) is 0 Å². The van der Waals surface area contributed by atoms with Gasteiger partial charge in [0.05, 0.1) is 11.4 Å². The Morgan fingerprint density at radius 3 is 2.86 bits per heavy atom. The predicted octanol–water partition coefficient (Wildman–Crippen LogP) is 2.87. The lowest BCUT2D eigenvalue weighted by Gasteiger charge is -2.28. The summed E-state index contributed by atoms with van der Waals surface area (Å²) in [6, 6.07) is 7.20. The van der Waals surface area contributed by atoms with Crippen molar-refractivity contribution in [2.75, 3.05) is 17.2 Å². The van der Waals surface area contributed by atoms with Crippen LogP contribution >= 0.6 is 0 Å². The highest BCUT2D eigenvalue weighted by Gasteiger charge is 2.14. The van der Waals surface area contributed by atoms with Crippen molar-refractivity contribution < 1.29 is 0 Å². The van der Waals surface area contributed by atoms with E-state index in [1.165, 1.54) is 23.4 Å². The number of benzene rings is 1. The van der Waals surface area contributed by atoms with Gasteiger partial charge in [-0.15, -0.1) is 0 Å². The van der Waals surface area contributed by atoms with Crippen LogP contribution in [0, 0.1) is 0 Å². The van der Waals surface area contributed by atoms with Gasteiger partial charge >= 0.3 is 0 Å². The molecule has 2 N–H and O–H groups in total. The number of hydrogen-bond acceptors (Lipinski definition) is 2. The summed E-state index contributed by atoms with van der Waals surface area (Å²) in [5.41, 5.74) is 3.91. The fourth-order valence-corrected chi connectivity index (χ4v) is 1.84. The first kappa shape index (κ1) is 9.38. The molecule has 0 saturated heterocycles. The molecule has 0 aromatic heterocycles. The van der Waals surface area contributed by atoms with Crippen LogP contribution in [-0.4, -0.2) is 12.6 Å². The van der Waals surface area contributed by atoms with E-state index in [9.17, 15) is 0 Å². The monoisotopic (exact) mass is 190 g/mol. The van der Waals surface area contributed by atoms with E-state index in [2.05, 4.69) is 42.7 Å². The molecule has 0 radical (unpaired) electrons. The second-order valence-electron chi connectivity index (χ2n) is 3.86. The Morgan fingerprint density at radius 2 is 2.14 bits per heavy atom. The molecule has 0 fully saturated rings. The SMILES string of the molecule is CCc1ccc2c(c1)NC(CC)CN2. The molecule has 2 rings (SSSR count). The van der Waals surface area contributed by atoms with Crippen LogP contribution in [0.2, 0.25) is 0 Å². The number of hydrogen-bond donors (Lipinski definition) is 2. The van der Waals surface area contributed by atoms with Gasteiger partial charge in [0.2, 0.25) is 0 Å². The molecule has 0 amide bonds. The minimum Gasteiger partial charge on any atom is -0.381 e. The maximum Gasteiger partial charge on any atom is 0.0581 e. The lowest BCUT2D eigenvalue weighted by atomic mass is 10.1. The van der Waals surface area contributed by atoms with Crippen molar-refractivity contribution in [3.05, 3.63) is 23.8 Å². The van der Waals surface area contributed by atoms with Crippen molar-refractivity contribution in [1.29, 1.82) is 0 Å². The van der Waals surface area contributed by atoms with E-state index >= 15 is 0 Å². The molecule has 76 valence electrons. The molecule has 2 nitrogen and oxygen atoms in total. The van der Waals surface area contributed by atoms with E-state index < -0.39 is 0 Å². The van der Waals surface area contributed by atoms with Crippen molar-refractivity contribution >= 4 is 11.4 Å². The summed E-state index contributed by atoms with van der Waals surface area (Å²) in [5.74, 6) is 0. The van der Waals surface area contributed by atoms with Gasteiger partial charge in [0.25, 0.3) is 0 Å². The molecule has 1 aromatic rings. The van der Waals surface area contributed by atoms with E-state index in [0.29, 0.717) is 6.04 Å². The molecule has 1 unspecified atom stereocenters. The summed E-state index contributed by atoms with van der Waals surface area (Å²) < 4.78 is 0. The quantitative estimate of drug-likeness (QED) is 0.749. The fourth-order valence-electron chi connectivity index (χ4n) is 1.84. The average Bonchev–Trinajstić information content (AvgIpc) is 2.27. The summed E-state index contributed by atoms with van der Waals surface area (Å²) in [6.45, 7) is 5.44. The van der Waals surface area contributed by atoms with Gasteiger partial charge in [0.1, 0.15) is 0 Å². The summed E-state index contributed by atoms with van der Waals surface area (Å²) in [6.07, 6.45) is 2.27. The molecule has 1 heterocycles. The van der Waals surface area contributed by atoms with Crippen LogP contribution in [0.4, 0.5) is 11.4 Å². The van der Waals surface area contributed by atoms with Crippen molar-refractivity contribution in [3.63, 3.8) is 0 Å². The van der Waals surface area contributed by atoms with Crippen molar-refractivity contribution in [1.82, 2.24) is 0 Å². The summed E-state index contributed by atoms with van der Waals surface area (Å²) >= 11 is 0. The van der Waals surface area contributed by atoms with Gasteiger partial charge in [-0.05, 0) is 30.5 Å². The number of fused-ring (bicyclic) bond motifs is 1. The zero-order valence-electron chi connectivity index (χ0n) is 8.93. The van der Waals surface area contributed by atoms with Gasteiger partial charge in [-0.1, -0.05) is 19.9 Å². The van der Waals surface area contributed by atoms with Gasteiger partial charge < -0.3 is 10.6 Å². The van der Waals surface area contributed by atoms with E-state index in [1.807, 2.05) is 0 Å². The Balaban J connectivity index is 2.25. The minimum absolute atomic E-state index is 0.578. The lowest BCUT2D eigenvalue weighted by Crippen LogP contribution is -2.32. The highest BCUT2D eigenvalue weighted by Crippen LogP contribution is 2.27. The Morgan fingerprint density at radius 1 is 1.29 bits per heavy atom. The molecular formula is C12H18N2. The first-order chi connectivity index (χ1) is 6.83. The van der Waals surface area contributed by atoms with Crippen LogP contribution < -0.4 is 10.6 Å². The standard InChI is InChI=1S/C12H18N2/c1-3-9-5-6-11-12(7-9)14-10(4-2)8-13-11/h5-7,10,13-14H,3-4,8H2,1-2H3. The number of nitrogens with one attached hydrogen (secondary N) is 2. The highest BCUT2D eigenvalue weighted by atomic mass is 15.1. The maximum atomic E-state index is 3.56. The lowest BCUT2D eigenvalue weighted by molar-refractivity contribution is 0.713. The van der Waals surface area contributed by atoms with Gasteiger partial charge in [0, 0.05) is 12.6 Å². The molecular weight excluding hydrogens is 172 g/mol. The molecule has 2 heteroatoms. The van der Waals surface area contributed by atoms with Crippen molar-refractivity contribution in [2.24, 2.45) is 0 Å². The first-order valence-electron chi connectivity index (χ1n) is 5.46. The Bertz CT molecular complexity index is 320. The van der Waals surface area contributed by atoms with E-state index in [4.69, 9.17) is 0 Å².